The standard InChI is InChI=1S/C21H28N2O5S/c1-5-20(23(29(4,25)26)17-11-9-16(2)10-12-17)21(24)22-13-14-28-19-8-6-7-18(15-19)27-3/h6-12,15,20H,5,13-14H2,1-4H3,(H,22,24)/t20-/m1/s1. The van der Waals surface area contributed by atoms with Gasteiger partial charge in [0.1, 0.15) is 24.1 Å². The molecule has 158 valence electrons. The summed E-state index contributed by atoms with van der Waals surface area (Å²) in [5, 5.41) is 2.76. The molecule has 0 saturated heterocycles. The zero-order chi connectivity index (χ0) is 21.4. The van der Waals surface area contributed by atoms with Gasteiger partial charge in [0.2, 0.25) is 15.9 Å². The number of rotatable bonds is 10. The molecule has 0 bridgehead atoms. The molecule has 29 heavy (non-hydrogen) atoms. The molecule has 0 aromatic heterocycles. The van der Waals surface area contributed by atoms with E-state index >= 15 is 0 Å². The highest BCUT2D eigenvalue weighted by atomic mass is 32.2. The van der Waals surface area contributed by atoms with Crippen molar-refractivity contribution in [2.45, 2.75) is 26.3 Å². The molecule has 0 unspecified atom stereocenters. The molecule has 0 aliphatic heterocycles. The lowest BCUT2D eigenvalue weighted by atomic mass is 10.1. The van der Waals surface area contributed by atoms with Crippen molar-refractivity contribution in [1.29, 1.82) is 0 Å². The number of methoxy groups -OCH3 is 1. The third-order valence-electron chi connectivity index (χ3n) is 4.33. The fourth-order valence-electron chi connectivity index (χ4n) is 2.90. The molecule has 2 rings (SSSR count). The van der Waals surface area contributed by atoms with Crippen LogP contribution in [0, 0.1) is 6.92 Å². The highest BCUT2D eigenvalue weighted by molar-refractivity contribution is 7.92. The van der Waals surface area contributed by atoms with E-state index < -0.39 is 16.1 Å². The van der Waals surface area contributed by atoms with Crippen LogP contribution in [0.25, 0.3) is 0 Å². The fourth-order valence-corrected chi connectivity index (χ4v) is 4.12. The van der Waals surface area contributed by atoms with Crippen molar-refractivity contribution in [2.75, 3.05) is 30.8 Å². The minimum absolute atomic E-state index is 0.248. The molecule has 0 heterocycles. The van der Waals surface area contributed by atoms with E-state index in [9.17, 15) is 13.2 Å². The molecule has 0 aliphatic carbocycles. The smallest absolute Gasteiger partial charge is 0.244 e. The van der Waals surface area contributed by atoms with Crippen LogP contribution >= 0.6 is 0 Å². The summed E-state index contributed by atoms with van der Waals surface area (Å²) < 4.78 is 36.7. The van der Waals surface area contributed by atoms with Gasteiger partial charge in [0.15, 0.2) is 0 Å². The number of amides is 1. The number of anilines is 1. The van der Waals surface area contributed by atoms with Crippen LogP contribution in [0.1, 0.15) is 18.9 Å². The number of hydrogen-bond acceptors (Lipinski definition) is 5. The van der Waals surface area contributed by atoms with Crippen LogP contribution in [-0.2, 0) is 14.8 Å². The molecule has 0 fully saturated rings. The zero-order valence-electron chi connectivity index (χ0n) is 17.2. The third kappa shape index (κ3) is 6.39. The largest absolute Gasteiger partial charge is 0.497 e. The lowest BCUT2D eigenvalue weighted by molar-refractivity contribution is -0.122. The number of carbonyl (C=O) groups is 1. The first kappa shape index (κ1) is 22.5. The molecule has 0 spiro atoms. The van der Waals surface area contributed by atoms with Crippen LogP contribution < -0.4 is 19.1 Å². The molecule has 1 amide bonds. The molecule has 8 heteroatoms. The van der Waals surface area contributed by atoms with Crippen LogP contribution in [0.15, 0.2) is 48.5 Å². The van der Waals surface area contributed by atoms with E-state index in [4.69, 9.17) is 9.47 Å². The Bertz CT molecular complexity index is 913. The Labute approximate surface area is 172 Å². The number of sulfonamides is 1. The Balaban J connectivity index is 2.02. The van der Waals surface area contributed by atoms with E-state index in [1.54, 1.807) is 38.3 Å². The van der Waals surface area contributed by atoms with Crippen molar-refractivity contribution in [3.8, 4) is 11.5 Å². The minimum atomic E-state index is -3.64. The second-order valence-electron chi connectivity index (χ2n) is 6.64. The van der Waals surface area contributed by atoms with Gasteiger partial charge in [0.05, 0.1) is 25.6 Å². The van der Waals surface area contributed by atoms with Crippen LogP contribution in [0.3, 0.4) is 0 Å². The van der Waals surface area contributed by atoms with Gasteiger partial charge < -0.3 is 14.8 Å². The number of carbonyl (C=O) groups excluding carboxylic acids is 1. The van der Waals surface area contributed by atoms with Crippen LogP contribution in [0.4, 0.5) is 5.69 Å². The summed E-state index contributed by atoms with van der Waals surface area (Å²) >= 11 is 0. The van der Waals surface area contributed by atoms with Crippen molar-refractivity contribution in [2.24, 2.45) is 0 Å². The lowest BCUT2D eigenvalue weighted by Crippen LogP contribution is -2.50. The van der Waals surface area contributed by atoms with Gasteiger partial charge in [-0.2, -0.15) is 0 Å². The van der Waals surface area contributed by atoms with Gasteiger partial charge in [-0.15, -0.1) is 0 Å². The van der Waals surface area contributed by atoms with Crippen molar-refractivity contribution < 1.29 is 22.7 Å². The lowest BCUT2D eigenvalue weighted by Gasteiger charge is -2.30. The number of nitrogens with zero attached hydrogens (tertiary/aromatic N) is 1. The Morgan fingerprint density at radius 3 is 2.38 bits per heavy atom. The molecule has 7 nitrogen and oxygen atoms in total. The summed E-state index contributed by atoms with van der Waals surface area (Å²) in [5.74, 6) is 0.940. The molecule has 0 saturated carbocycles. The fraction of sp³-hybridized carbons (Fsp3) is 0.381. The van der Waals surface area contributed by atoms with Crippen molar-refractivity contribution >= 4 is 21.6 Å². The maximum Gasteiger partial charge on any atom is 0.244 e. The highest BCUT2D eigenvalue weighted by Gasteiger charge is 2.31. The summed E-state index contributed by atoms with van der Waals surface area (Å²) in [6, 6.07) is 13.4. The SMILES string of the molecule is CC[C@H](C(=O)NCCOc1cccc(OC)c1)N(c1ccc(C)cc1)S(C)(=O)=O. The number of nitrogens with one attached hydrogen (secondary N) is 1. The van der Waals surface area contributed by atoms with Crippen molar-refractivity contribution in [3.63, 3.8) is 0 Å². The minimum Gasteiger partial charge on any atom is -0.497 e. The van der Waals surface area contributed by atoms with E-state index in [1.165, 1.54) is 4.31 Å². The molecule has 0 aliphatic rings. The first-order valence-electron chi connectivity index (χ1n) is 9.37. The van der Waals surface area contributed by atoms with Crippen LogP contribution in [0.2, 0.25) is 0 Å². The summed E-state index contributed by atoms with van der Waals surface area (Å²) in [6.45, 7) is 4.20. The van der Waals surface area contributed by atoms with E-state index in [0.717, 1.165) is 11.8 Å². The number of aryl methyl sites for hydroxylation is 1. The first-order valence-corrected chi connectivity index (χ1v) is 11.2. The third-order valence-corrected chi connectivity index (χ3v) is 5.51. The maximum absolute atomic E-state index is 12.7. The summed E-state index contributed by atoms with van der Waals surface area (Å²) in [6.07, 6.45) is 1.44. The summed E-state index contributed by atoms with van der Waals surface area (Å²) in [4.78, 5) is 12.7. The molecular formula is C21H28N2O5S. The maximum atomic E-state index is 12.7. The number of ether oxygens (including phenoxy) is 2. The zero-order valence-corrected chi connectivity index (χ0v) is 18.0. The quantitative estimate of drug-likeness (QED) is 0.598. The van der Waals surface area contributed by atoms with Crippen LogP contribution in [0.5, 0.6) is 11.5 Å². The van der Waals surface area contributed by atoms with Gasteiger partial charge in [0, 0.05) is 6.07 Å². The van der Waals surface area contributed by atoms with Crippen molar-refractivity contribution in [1.82, 2.24) is 5.32 Å². The Hall–Kier alpha value is -2.74. The molecular weight excluding hydrogens is 392 g/mol. The van der Waals surface area contributed by atoms with E-state index in [-0.39, 0.29) is 19.1 Å². The number of benzene rings is 2. The van der Waals surface area contributed by atoms with Gasteiger partial charge in [-0.25, -0.2) is 8.42 Å². The topological polar surface area (TPSA) is 84.9 Å². The number of hydrogen-bond donors (Lipinski definition) is 1. The molecule has 1 N–H and O–H groups in total. The molecule has 0 radical (unpaired) electrons. The Morgan fingerprint density at radius 1 is 1.14 bits per heavy atom. The normalized spacial score (nSPS) is 12.1. The predicted molar refractivity (Wildman–Crippen MR) is 114 cm³/mol. The molecule has 2 aromatic rings. The average molecular weight is 421 g/mol. The van der Waals surface area contributed by atoms with E-state index in [2.05, 4.69) is 5.32 Å². The first-order chi connectivity index (χ1) is 13.8. The van der Waals surface area contributed by atoms with Crippen LogP contribution in [-0.4, -0.2) is 46.9 Å². The molecule has 2 aromatic carbocycles. The predicted octanol–water partition coefficient (Wildman–Crippen LogP) is 2.74. The van der Waals surface area contributed by atoms with Gasteiger partial charge in [-0.05, 0) is 37.6 Å². The Morgan fingerprint density at radius 2 is 1.79 bits per heavy atom. The van der Waals surface area contributed by atoms with Crippen molar-refractivity contribution in [3.05, 3.63) is 54.1 Å². The van der Waals surface area contributed by atoms with Gasteiger partial charge in [-0.3, -0.25) is 9.10 Å². The van der Waals surface area contributed by atoms with E-state index in [0.29, 0.717) is 23.6 Å². The monoisotopic (exact) mass is 420 g/mol. The van der Waals surface area contributed by atoms with Gasteiger partial charge in [0.25, 0.3) is 0 Å². The average Bonchev–Trinajstić information content (AvgIpc) is 2.69. The van der Waals surface area contributed by atoms with Gasteiger partial charge >= 0.3 is 0 Å². The van der Waals surface area contributed by atoms with E-state index in [1.807, 2.05) is 31.2 Å². The molecule has 1 atom stereocenters. The Kier molecular flexibility index (Phi) is 7.90. The van der Waals surface area contributed by atoms with Gasteiger partial charge in [-0.1, -0.05) is 30.7 Å². The second kappa shape index (κ2) is 10.2. The highest BCUT2D eigenvalue weighted by Crippen LogP contribution is 2.23. The second-order valence-corrected chi connectivity index (χ2v) is 8.50. The summed E-state index contributed by atoms with van der Waals surface area (Å²) in [7, 11) is -2.07. The summed E-state index contributed by atoms with van der Waals surface area (Å²) in [5.41, 5.74) is 1.47.